The molecule has 1 fully saturated rings. The van der Waals surface area contributed by atoms with E-state index in [4.69, 9.17) is 4.74 Å². The van der Waals surface area contributed by atoms with Crippen LogP contribution in [0.5, 0.6) is 5.75 Å². The highest BCUT2D eigenvalue weighted by Gasteiger charge is 2.15. The van der Waals surface area contributed by atoms with Gasteiger partial charge in [0.25, 0.3) is 0 Å². The molecule has 1 aliphatic rings. The third kappa shape index (κ3) is 3.46. The summed E-state index contributed by atoms with van der Waals surface area (Å²) in [6.45, 7) is 2.99. The molecule has 0 atom stereocenters. The van der Waals surface area contributed by atoms with E-state index in [1.54, 1.807) is 7.11 Å². The zero-order chi connectivity index (χ0) is 13.0. The molecule has 1 heterocycles. The first-order valence-electron chi connectivity index (χ1n) is 6.00. The number of hydrogen-bond acceptors (Lipinski definition) is 3. The van der Waals surface area contributed by atoms with E-state index in [1.807, 2.05) is 18.2 Å². The highest BCUT2D eigenvalue weighted by molar-refractivity contribution is 9.10. The van der Waals surface area contributed by atoms with Gasteiger partial charge in [0.2, 0.25) is 5.91 Å². The van der Waals surface area contributed by atoms with Gasteiger partial charge in [0.05, 0.1) is 18.1 Å². The second kappa shape index (κ2) is 6.20. The summed E-state index contributed by atoms with van der Waals surface area (Å²) in [5.41, 5.74) is 1.18. The highest BCUT2D eigenvalue weighted by atomic mass is 79.9. The molecule has 18 heavy (non-hydrogen) atoms. The molecule has 0 spiro atoms. The van der Waals surface area contributed by atoms with Gasteiger partial charge in [-0.1, -0.05) is 6.07 Å². The Bertz CT molecular complexity index is 437. The molecule has 0 aromatic heterocycles. The number of carbonyl (C=O) groups excluding carboxylic acids is 1. The van der Waals surface area contributed by atoms with Crippen LogP contribution < -0.4 is 10.1 Å². The molecular formula is C13H17BrN2O2. The minimum absolute atomic E-state index is 0.111. The van der Waals surface area contributed by atoms with Crippen molar-refractivity contribution in [1.29, 1.82) is 0 Å². The molecule has 0 radical (unpaired) electrons. The second-order valence-electron chi connectivity index (χ2n) is 4.38. The minimum Gasteiger partial charge on any atom is -0.496 e. The third-order valence-corrected chi connectivity index (χ3v) is 3.58. The van der Waals surface area contributed by atoms with Crippen molar-refractivity contribution in [3.8, 4) is 5.75 Å². The van der Waals surface area contributed by atoms with Crippen molar-refractivity contribution in [1.82, 2.24) is 10.2 Å². The summed E-state index contributed by atoms with van der Waals surface area (Å²) in [5.74, 6) is 0.937. The Hall–Kier alpha value is -1.07. The molecule has 1 amide bonds. The predicted molar refractivity (Wildman–Crippen MR) is 73.6 cm³/mol. The molecule has 0 saturated carbocycles. The van der Waals surface area contributed by atoms with Crippen molar-refractivity contribution in [2.45, 2.75) is 13.0 Å². The van der Waals surface area contributed by atoms with Gasteiger partial charge in [0, 0.05) is 19.6 Å². The zero-order valence-electron chi connectivity index (χ0n) is 10.4. The summed E-state index contributed by atoms with van der Waals surface area (Å²) in [5, 5.41) is 2.88. The molecule has 5 heteroatoms. The second-order valence-corrected chi connectivity index (χ2v) is 5.24. The molecule has 1 aromatic rings. The van der Waals surface area contributed by atoms with Gasteiger partial charge in [-0.3, -0.25) is 9.69 Å². The van der Waals surface area contributed by atoms with E-state index in [1.165, 1.54) is 5.56 Å². The fraction of sp³-hybridized carbons (Fsp3) is 0.462. The van der Waals surface area contributed by atoms with Crippen molar-refractivity contribution >= 4 is 21.8 Å². The van der Waals surface area contributed by atoms with E-state index >= 15 is 0 Å². The summed E-state index contributed by atoms with van der Waals surface area (Å²) in [6, 6.07) is 6.02. The van der Waals surface area contributed by atoms with Crippen LogP contribution in [-0.2, 0) is 11.3 Å². The molecule has 0 aliphatic carbocycles. The number of hydrogen-bond donors (Lipinski definition) is 1. The SMILES string of the molecule is COc1ccc(CN2CCCNC(=O)C2)cc1Br. The molecule has 1 N–H and O–H groups in total. The first kappa shape index (κ1) is 13.4. The number of nitrogens with zero attached hydrogens (tertiary/aromatic N) is 1. The maximum absolute atomic E-state index is 11.5. The van der Waals surface area contributed by atoms with Crippen LogP contribution in [0.2, 0.25) is 0 Å². The average molecular weight is 313 g/mol. The lowest BCUT2D eigenvalue weighted by Gasteiger charge is -2.18. The van der Waals surface area contributed by atoms with Crippen LogP contribution in [0.3, 0.4) is 0 Å². The number of methoxy groups -OCH3 is 1. The van der Waals surface area contributed by atoms with E-state index in [0.29, 0.717) is 6.54 Å². The van der Waals surface area contributed by atoms with Crippen molar-refractivity contribution < 1.29 is 9.53 Å². The van der Waals surface area contributed by atoms with Crippen LogP contribution >= 0.6 is 15.9 Å². The van der Waals surface area contributed by atoms with Crippen LogP contribution in [0.1, 0.15) is 12.0 Å². The Kier molecular flexibility index (Phi) is 4.60. The fourth-order valence-electron chi connectivity index (χ4n) is 2.07. The van der Waals surface area contributed by atoms with Crippen molar-refractivity contribution in [2.75, 3.05) is 26.7 Å². The Balaban J connectivity index is 2.04. The summed E-state index contributed by atoms with van der Waals surface area (Å²) in [7, 11) is 1.65. The van der Waals surface area contributed by atoms with Gasteiger partial charge in [-0.15, -0.1) is 0 Å². The van der Waals surface area contributed by atoms with Crippen LogP contribution in [0, 0.1) is 0 Å². The van der Waals surface area contributed by atoms with Crippen LogP contribution in [0.4, 0.5) is 0 Å². The van der Waals surface area contributed by atoms with Crippen molar-refractivity contribution in [3.05, 3.63) is 28.2 Å². The van der Waals surface area contributed by atoms with Crippen molar-refractivity contribution in [2.24, 2.45) is 0 Å². The van der Waals surface area contributed by atoms with Crippen LogP contribution in [0.15, 0.2) is 22.7 Å². The first-order valence-corrected chi connectivity index (χ1v) is 6.80. The summed E-state index contributed by atoms with van der Waals surface area (Å²) in [6.07, 6.45) is 1.00. The van der Waals surface area contributed by atoms with Gasteiger partial charge < -0.3 is 10.1 Å². The number of ether oxygens (including phenoxy) is 1. The molecule has 0 bridgehead atoms. The standard InChI is InChI=1S/C13H17BrN2O2/c1-18-12-4-3-10(7-11(12)14)8-16-6-2-5-15-13(17)9-16/h3-4,7H,2,5-6,8-9H2,1H3,(H,15,17). The van der Waals surface area contributed by atoms with Gasteiger partial charge in [0.1, 0.15) is 5.75 Å². The average Bonchev–Trinajstić information content (AvgIpc) is 2.54. The highest BCUT2D eigenvalue weighted by Crippen LogP contribution is 2.26. The maximum atomic E-state index is 11.5. The summed E-state index contributed by atoms with van der Waals surface area (Å²) < 4.78 is 6.15. The lowest BCUT2D eigenvalue weighted by Crippen LogP contribution is -2.32. The lowest BCUT2D eigenvalue weighted by molar-refractivity contribution is -0.121. The smallest absolute Gasteiger partial charge is 0.234 e. The topological polar surface area (TPSA) is 41.6 Å². The number of benzene rings is 1. The zero-order valence-corrected chi connectivity index (χ0v) is 12.0. The Morgan fingerprint density at radius 1 is 1.50 bits per heavy atom. The van der Waals surface area contributed by atoms with E-state index in [9.17, 15) is 4.79 Å². The number of nitrogens with one attached hydrogen (secondary N) is 1. The third-order valence-electron chi connectivity index (χ3n) is 2.96. The number of amides is 1. The van der Waals surface area contributed by atoms with E-state index in [0.717, 1.165) is 36.3 Å². The quantitative estimate of drug-likeness (QED) is 0.925. The van der Waals surface area contributed by atoms with Crippen LogP contribution in [0.25, 0.3) is 0 Å². The van der Waals surface area contributed by atoms with E-state index in [2.05, 4.69) is 26.1 Å². The van der Waals surface area contributed by atoms with Crippen LogP contribution in [-0.4, -0.2) is 37.6 Å². The minimum atomic E-state index is 0.111. The predicted octanol–water partition coefficient (Wildman–Crippen LogP) is 1.78. The van der Waals surface area contributed by atoms with Crippen molar-refractivity contribution in [3.63, 3.8) is 0 Å². The first-order chi connectivity index (χ1) is 8.69. The lowest BCUT2D eigenvalue weighted by atomic mass is 10.2. The maximum Gasteiger partial charge on any atom is 0.234 e. The van der Waals surface area contributed by atoms with Gasteiger partial charge in [-0.05, 0) is 40.0 Å². The Morgan fingerprint density at radius 2 is 2.33 bits per heavy atom. The summed E-state index contributed by atoms with van der Waals surface area (Å²) >= 11 is 3.48. The molecule has 98 valence electrons. The summed E-state index contributed by atoms with van der Waals surface area (Å²) in [4.78, 5) is 13.6. The number of carbonyl (C=O) groups is 1. The molecule has 1 saturated heterocycles. The van der Waals surface area contributed by atoms with Gasteiger partial charge in [0.15, 0.2) is 0 Å². The van der Waals surface area contributed by atoms with E-state index < -0.39 is 0 Å². The Morgan fingerprint density at radius 3 is 3.06 bits per heavy atom. The fourth-order valence-corrected chi connectivity index (χ4v) is 2.66. The van der Waals surface area contributed by atoms with Gasteiger partial charge in [-0.2, -0.15) is 0 Å². The molecule has 2 rings (SSSR count). The van der Waals surface area contributed by atoms with E-state index in [-0.39, 0.29) is 5.91 Å². The number of rotatable bonds is 3. The molecule has 1 aromatic carbocycles. The molecule has 1 aliphatic heterocycles. The number of halogens is 1. The van der Waals surface area contributed by atoms with Gasteiger partial charge in [-0.25, -0.2) is 0 Å². The Labute approximate surface area is 115 Å². The van der Waals surface area contributed by atoms with Gasteiger partial charge >= 0.3 is 0 Å². The monoisotopic (exact) mass is 312 g/mol. The molecule has 0 unspecified atom stereocenters. The largest absolute Gasteiger partial charge is 0.496 e. The molecular weight excluding hydrogens is 296 g/mol. The molecule has 4 nitrogen and oxygen atoms in total. The normalized spacial score (nSPS) is 17.1.